The number of rotatable bonds is 3. The SMILES string of the molecule is Cc1nc(CN(C)C2CCCNCC2)sc1C. The lowest BCUT2D eigenvalue weighted by atomic mass is 10.1. The van der Waals surface area contributed by atoms with Gasteiger partial charge in [-0.2, -0.15) is 0 Å². The molecule has 1 aromatic rings. The summed E-state index contributed by atoms with van der Waals surface area (Å²) in [5.74, 6) is 0. The molecule has 0 aromatic carbocycles. The van der Waals surface area contributed by atoms with E-state index >= 15 is 0 Å². The first-order chi connectivity index (χ1) is 8.16. The van der Waals surface area contributed by atoms with Crippen LogP contribution in [0.2, 0.25) is 0 Å². The molecule has 2 rings (SSSR count). The van der Waals surface area contributed by atoms with Crippen molar-refractivity contribution in [3.8, 4) is 0 Å². The van der Waals surface area contributed by atoms with Crippen molar-refractivity contribution in [3.63, 3.8) is 0 Å². The molecule has 1 atom stereocenters. The molecule has 1 aliphatic rings. The van der Waals surface area contributed by atoms with Gasteiger partial charge in [-0.3, -0.25) is 4.90 Å². The van der Waals surface area contributed by atoms with Crippen LogP contribution in [0, 0.1) is 13.8 Å². The van der Waals surface area contributed by atoms with Gasteiger partial charge in [-0.25, -0.2) is 4.98 Å². The molecular formula is C13H23N3S. The van der Waals surface area contributed by atoms with Crippen LogP contribution in [0.3, 0.4) is 0 Å². The van der Waals surface area contributed by atoms with Crippen LogP contribution in [0.15, 0.2) is 0 Å². The molecule has 0 spiro atoms. The van der Waals surface area contributed by atoms with Gasteiger partial charge in [0.05, 0.1) is 12.2 Å². The summed E-state index contributed by atoms with van der Waals surface area (Å²) in [5, 5.41) is 4.73. The monoisotopic (exact) mass is 253 g/mol. The van der Waals surface area contributed by atoms with E-state index in [4.69, 9.17) is 0 Å². The van der Waals surface area contributed by atoms with Gasteiger partial charge < -0.3 is 5.32 Å². The highest BCUT2D eigenvalue weighted by Gasteiger charge is 2.18. The molecule has 0 amide bonds. The van der Waals surface area contributed by atoms with Crippen molar-refractivity contribution in [1.29, 1.82) is 0 Å². The van der Waals surface area contributed by atoms with Crippen LogP contribution >= 0.6 is 11.3 Å². The van der Waals surface area contributed by atoms with E-state index in [9.17, 15) is 0 Å². The summed E-state index contributed by atoms with van der Waals surface area (Å²) in [5.41, 5.74) is 1.20. The first kappa shape index (κ1) is 13.0. The van der Waals surface area contributed by atoms with Crippen LogP contribution in [0.1, 0.15) is 34.8 Å². The van der Waals surface area contributed by atoms with E-state index in [1.165, 1.54) is 41.4 Å². The number of thiazole rings is 1. The summed E-state index contributed by atoms with van der Waals surface area (Å²) in [6.45, 7) is 7.60. The molecule has 1 aromatic heterocycles. The van der Waals surface area contributed by atoms with Crippen molar-refractivity contribution < 1.29 is 0 Å². The Hall–Kier alpha value is -0.450. The van der Waals surface area contributed by atoms with E-state index in [0.29, 0.717) is 0 Å². The largest absolute Gasteiger partial charge is 0.317 e. The second kappa shape index (κ2) is 5.94. The van der Waals surface area contributed by atoms with Gasteiger partial charge in [0.25, 0.3) is 0 Å². The van der Waals surface area contributed by atoms with E-state index in [1.807, 2.05) is 11.3 Å². The lowest BCUT2D eigenvalue weighted by Crippen LogP contribution is -2.31. The predicted molar refractivity (Wildman–Crippen MR) is 73.6 cm³/mol. The van der Waals surface area contributed by atoms with Gasteiger partial charge in [0.15, 0.2) is 0 Å². The van der Waals surface area contributed by atoms with Crippen LogP contribution in [0.4, 0.5) is 0 Å². The zero-order valence-electron chi connectivity index (χ0n) is 11.1. The molecule has 1 unspecified atom stereocenters. The van der Waals surface area contributed by atoms with E-state index in [2.05, 4.69) is 36.1 Å². The van der Waals surface area contributed by atoms with Crippen LogP contribution < -0.4 is 5.32 Å². The van der Waals surface area contributed by atoms with Crippen LogP contribution in [0.5, 0.6) is 0 Å². The summed E-state index contributed by atoms with van der Waals surface area (Å²) >= 11 is 1.84. The average Bonchev–Trinajstić information content (AvgIpc) is 2.54. The first-order valence-corrected chi connectivity index (χ1v) is 7.32. The van der Waals surface area contributed by atoms with Crippen molar-refractivity contribution in [2.24, 2.45) is 0 Å². The normalized spacial score (nSPS) is 21.8. The highest BCUT2D eigenvalue weighted by molar-refractivity contribution is 7.11. The molecule has 0 bridgehead atoms. The molecule has 17 heavy (non-hydrogen) atoms. The van der Waals surface area contributed by atoms with Crippen LogP contribution in [0.25, 0.3) is 0 Å². The van der Waals surface area contributed by atoms with Gasteiger partial charge in [0.2, 0.25) is 0 Å². The Kier molecular flexibility index (Phi) is 4.54. The summed E-state index contributed by atoms with van der Waals surface area (Å²) in [7, 11) is 2.24. The molecule has 0 radical (unpaired) electrons. The summed E-state index contributed by atoms with van der Waals surface area (Å²) in [6.07, 6.45) is 3.87. The van der Waals surface area contributed by atoms with Gasteiger partial charge in [-0.15, -0.1) is 11.3 Å². The molecule has 1 fully saturated rings. The van der Waals surface area contributed by atoms with Crippen molar-refractivity contribution in [2.75, 3.05) is 20.1 Å². The standard InChI is InChI=1S/C13H23N3S/c1-10-11(2)17-13(15-10)9-16(3)12-5-4-7-14-8-6-12/h12,14H,4-9H2,1-3H3. The fraction of sp³-hybridized carbons (Fsp3) is 0.769. The fourth-order valence-corrected chi connectivity index (χ4v) is 3.39. The Bertz CT molecular complexity index is 334. The third-order valence-electron chi connectivity index (χ3n) is 3.63. The van der Waals surface area contributed by atoms with E-state index < -0.39 is 0 Å². The highest BCUT2D eigenvalue weighted by Crippen LogP contribution is 2.20. The minimum absolute atomic E-state index is 0.717. The van der Waals surface area contributed by atoms with E-state index in [-0.39, 0.29) is 0 Å². The Balaban J connectivity index is 1.93. The number of aromatic nitrogens is 1. The molecule has 1 aliphatic heterocycles. The Morgan fingerprint density at radius 3 is 2.88 bits per heavy atom. The summed E-state index contributed by atoms with van der Waals surface area (Å²) in [6, 6.07) is 0.717. The van der Waals surface area contributed by atoms with Crippen LogP contribution in [-0.4, -0.2) is 36.1 Å². The molecule has 96 valence electrons. The highest BCUT2D eigenvalue weighted by atomic mass is 32.1. The second-order valence-electron chi connectivity index (χ2n) is 5.00. The number of hydrogen-bond acceptors (Lipinski definition) is 4. The van der Waals surface area contributed by atoms with Crippen molar-refractivity contribution in [1.82, 2.24) is 15.2 Å². The third-order valence-corrected chi connectivity index (χ3v) is 4.68. The first-order valence-electron chi connectivity index (χ1n) is 6.50. The maximum absolute atomic E-state index is 4.63. The van der Waals surface area contributed by atoms with Crippen LogP contribution in [-0.2, 0) is 6.54 Å². The van der Waals surface area contributed by atoms with Gasteiger partial charge in [-0.05, 0) is 53.2 Å². The van der Waals surface area contributed by atoms with Gasteiger partial charge >= 0.3 is 0 Å². The summed E-state index contributed by atoms with van der Waals surface area (Å²) < 4.78 is 0. The van der Waals surface area contributed by atoms with Gasteiger partial charge in [0, 0.05) is 10.9 Å². The van der Waals surface area contributed by atoms with Gasteiger partial charge in [-0.1, -0.05) is 0 Å². The smallest absolute Gasteiger partial charge is 0.107 e. The Morgan fingerprint density at radius 2 is 2.18 bits per heavy atom. The zero-order chi connectivity index (χ0) is 12.3. The van der Waals surface area contributed by atoms with Crippen molar-refractivity contribution in [2.45, 2.75) is 45.7 Å². The van der Waals surface area contributed by atoms with Crippen molar-refractivity contribution in [3.05, 3.63) is 15.6 Å². The molecule has 3 nitrogen and oxygen atoms in total. The fourth-order valence-electron chi connectivity index (χ4n) is 2.39. The molecule has 1 saturated heterocycles. The number of hydrogen-bond donors (Lipinski definition) is 1. The predicted octanol–water partition coefficient (Wildman–Crippen LogP) is 2.33. The lowest BCUT2D eigenvalue weighted by Gasteiger charge is -2.25. The maximum Gasteiger partial charge on any atom is 0.107 e. The zero-order valence-corrected chi connectivity index (χ0v) is 11.9. The minimum atomic E-state index is 0.717. The second-order valence-corrected chi connectivity index (χ2v) is 6.29. The molecule has 2 heterocycles. The van der Waals surface area contributed by atoms with E-state index in [0.717, 1.165) is 19.1 Å². The number of aryl methyl sites for hydroxylation is 2. The molecule has 1 N–H and O–H groups in total. The molecule has 0 aliphatic carbocycles. The number of nitrogens with zero attached hydrogens (tertiary/aromatic N) is 2. The van der Waals surface area contributed by atoms with Gasteiger partial charge in [0.1, 0.15) is 5.01 Å². The lowest BCUT2D eigenvalue weighted by molar-refractivity contribution is 0.216. The maximum atomic E-state index is 4.63. The number of nitrogens with one attached hydrogen (secondary N) is 1. The Morgan fingerprint density at radius 1 is 1.35 bits per heavy atom. The van der Waals surface area contributed by atoms with Crippen molar-refractivity contribution >= 4 is 11.3 Å². The van der Waals surface area contributed by atoms with E-state index in [1.54, 1.807) is 0 Å². The molecule has 0 saturated carbocycles. The third kappa shape index (κ3) is 3.50. The quantitative estimate of drug-likeness (QED) is 0.896. The minimum Gasteiger partial charge on any atom is -0.317 e. The molecular weight excluding hydrogens is 230 g/mol. The molecule has 4 heteroatoms. The summed E-state index contributed by atoms with van der Waals surface area (Å²) in [4.78, 5) is 8.46. The Labute approximate surface area is 108 Å². The average molecular weight is 253 g/mol. The topological polar surface area (TPSA) is 28.2 Å².